The summed E-state index contributed by atoms with van der Waals surface area (Å²) in [5.74, 6) is 0.890. The van der Waals surface area contributed by atoms with E-state index in [1.54, 1.807) is 12.4 Å². The maximum Gasteiger partial charge on any atom is 0.138 e. The van der Waals surface area contributed by atoms with E-state index in [0.29, 0.717) is 0 Å². The Morgan fingerprint density at radius 1 is 1.54 bits per heavy atom. The molecule has 66 valence electrons. The number of imidazole rings is 1. The Bertz CT molecular complexity index is 447. The Morgan fingerprint density at radius 3 is 3.15 bits per heavy atom. The molecule has 0 saturated carbocycles. The van der Waals surface area contributed by atoms with Crippen molar-refractivity contribution in [3.05, 3.63) is 37.3 Å². The molecule has 0 fully saturated rings. The van der Waals surface area contributed by atoms with E-state index in [9.17, 15) is 0 Å². The first-order valence-corrected chi connectivity index (χ1v) is 4.29. The lowest BCUT2D eigenvalue weighted by molar-refractivity contribution is 1.14. The molecule has 2 aromatic rings. The summed E-state index contributed by atoms with van der Waals surface area (Å²) in [6, 6.07) is 3.82. The van der Waals surface area contributed by atoms with Crippen LogP contribution in [0.4, 0.5) is 5.82 Å². The van der Waals surface area contributed by atoms with Gasteiger partial charge in [0.05, 0.1) is 6.20 Å². The van der Waals surface area contributed by atoms with E-state index >= 15 is 0 Å². The molecule has 1 N–H and O–H groups in total. The first-order chi connectivity index (χ1) is 6.31. The lowest BCUT2D eigenvalue weighted by Gasteiger charge is -2.00. The fraction of sp³-hybridized carbons (Fsp3) is 0. The molecule has 3 nitrogen and oxygen atoms in total. The third-order valence-electron chi connectivity index (χ3n) is 1.74. The summed E-state index contributed by atoms with van der Waals surface area (Å²) in [5.41, 5.74) is 0.891. The molecule has 2 aromatic heterocycles. The number of nitrogens with one attached hydrogen (secondary N) is 1. The van der Waals surface area contributed by atoms with Crippen LogP contribution in [0.5, 0.6) is 0 Å². The van der Waals surface area contributed by atoms with E-state index in [-0.39, 0.29) is 0 Å². The van der Waals surface area contributed by atoms with E-state index < -0.39 is 0 Å². The van der Waals surface area contributed by atoms with Crippen molar-refractivity contribution < 1.29 is 0 Å². The average Bonchev–Trinajstić information content (AvgIpc) is 2.49. The fourth-order valence-electron chi connectivity index (χ4n) is 1.18. The summed E-state index contributed by atoms with van der Waals surface area (Å²) < 4.78 is 1.92. The lowest BCUT2D eigenvalue weighted by atomic mass is 10.5. The summed E-state index contributed by atoms with van der Waals surface area (Å²) in [7, 11) is 0. The molecule has 0 saturated heterocycles. The first kappa shape index (κ1) is 8.19. The first-order valence-electron chi connectivity index (χ1n) is 3.85. The van der Waals surface area contributed by atoms with Gasteiger partial charge < -0.3 is 5.32 Å². The van der Waals surface area contributed by atoms with Gasteiger partial charge in [-0.25, -0.2) is 4.98 Å². The van der Waals surface area contributed by atoms with Crippen LogP contribution >= 0.6 is 12.6 Å². The van der Waals surface area contributed by atoms with Crippen LogP contribution in [0.2, 0.25) is 0 Å². The molecular formula is C9H9N3S. The molecule has 0 spiro atoms. The van der Waals surface area contributed by atoms with Crippen molar-refractivity contribution in [3.63, 3.8) is 0 Å². The summed E-state index contributed by atoms with van der Waals surface area (Å²) in [5, 5.41) is 2.99. The van der Waals surface area contributed by atoms with E-state index in [1.165, 1.54) is 0 Å². The predicted octanol–water partition coefficient (Wildman–Crippen LogP) is 2.18. The second-order valence-electron chi connectivity index (χ2n) is 2.61. The lowest BCUT2D eigenvalue weighted by Crippen LogP contribution is -1.92. The largest absolute Gasteiger partial charge is 0.347 e. The summed E-state index contributed by atoms with van der Waals surface area (Å²) in [6.07, 6.45) is 5.27. The van der Waals surface area contributed by atoms with Crippen LogP contribution in [0.1, 0.15) is 0 Å². The second kappa shape index (κ2) is 3.14. The molecule has 0 bridgehead atoms. The van der Waals surface area contributed by atoms with Crippen molar-refractivity contribution in [2.45, 2.75) is 4.90 Å². The van der Waals surface area contributed by atoms with Crippen LogP contribution in [0.15, 0.2) is 42.2 Å². The highest BCUT2D eigenvalue weighted by Crippen LogP contribution is 2.14. The Kier molecular flexibility index (Phi) is 1.98. The molecule has 13 heavy (non-hydrogen) atoms. The standard InChI is InChI=1S/C9H9N3S/c1-2-10-9-5-11-8-4-3-7(13)6-12(8)9/h2-6,10,13H,1H2. The minimum absolute atomic E-state index is 0.890. The van der Waals surface area contributed by atoms with E-state index in [2.05, 4.69) is 29.5 Å². The topological polar surface area (TPSA) is 29.3 Å². The Hall–Kier alpha value is -1.42. The number of nitrogens with zero attached hydrogens (tertiary/aromatic N) is 2. The van der Waals surface area contributed by atoms with Gasteiger partial charge in [0.15, 0.2) is 0 Å². The van der Waals surface area contributed by atoms with Crippen LogP contribution < -0.4 is 5.32 Å². The molecule has 0 aliphatic carbocycles. The van der Waals surface area contributed by atoms with Gasteiger partial charge in [0.2, 0.25) is 0 Å². The fourth-order valence-corrected chi connectivity index (χ4v) is 1.37. The van der Waals surface area contributed by atoms with Crippen molar-refractivity contribution in [1.82, 2.24) is 9.38 Å². The molecule has 2 heterocycles. The molecule has 0 atom stereocenters. The molecular weight excluding hydrogens is 182 g/mol. The van der Waals surface area contributed by atoms with E-state index in [1.807, 2.05) is 22.7 Å². The third-order valence-corrected chi connectivity index (χ3v) is 2.00. The van der Waals surface area contributed by atoms with Crippen LogP contribution in [-0.4, -0.2) is 9.38 Å². The summed E-state index contributed by atoms with van der Waals surface area (Å²) >= 11 is 4.25. The quantitative estimate of drug-likeness (QED) is 0.712. The predicted molar refractivity (Wildman–Crippen MR) is 56.3 cm³/mol. The number of rotatable bonds is 2. The SMILES string of the molecule is C=CNc1cnc2ccc(S)cn12. The molecule has 0 aromatic carbocycles. The zero-order valence-corrected chi connectivity index (χ0v) is 7.83. The van der Waals surface area contributed by atoms with E-state index in [0.717, 1.165) is 16.4 Å². The van der Waals surface area contributed by atoms with Crippen LogP contribution in [0.3, 0.4) is 0 Å². The molecule has 0 aliphatic rings. The maximum absolute atomic E-state index is 4.25. The van der Waals surface area contributed by atoms with Crippen molar-refractivity contribution >= 4 is 24.1 Å². The average molecular weight is 191 g/mol. The maximum atomic E-state index is 4.25. The van der Waals surface area contributed by atoms with E-state index in [4.69, 9.17) is 0 Å². The van der Waals surface area contributed by atoms with Crippen molar-refractivity contribution in [2.24, 2.45) is 0 Å². The molecule has 0 aliphatic heterocycles. The number of anilines is 1. The number of thiol groups is 1. The van der Waals surface area contributed by atoms with Crippen LogP contribution in [-0.2, 0) is 0 Å². The minimum Gasteiger partial charge on any atom is -0.347 e. The van der Waals surface area contributed by atoms with Gasteiger partial charge in [-0.2, -0.15) is 0 Å². The Morgan fingerprint density at radius 2 is 2.38 bits per heavy atom. The van der Waals surface area contributed by atoms with Gasteiger partial charge >= 0.3 is 0 Å². The molecule has 4 heteroatoms. The van der Waals surface area contributed by atoms with Gasteiger partial charge in [0.25, 0.3) is 0 Å². The van der Waals surface area contributed by atoms with Crippen LogP contribution in [0, 0.1) is 0 Å². The third kappa shape index (κ3) is 1.40. The highest BCUT2D eigenvalue weighted by molar-refractivity contribution is 7.80. The van der Waals surface area contributed by atoms with Crippen molar-refractivity contribution in [1.29, 1.82) is 0 Å². The minimum atomic E-state index is 0.890. The van der Waals surface area contributed by atoms with Gasteiger partial charge in [-0.15, -0.1) is 12.6 Å². The smallest absolute Gasteiger partial charge is 0.138 e. The number of hydrogen-bond acceptors (Lipinski definition) is 3. The molecule has 2 rings (SSSR count). The highest BCUT2D eigenvalue weighted by atomic mass is 32.1. The monoisotopic (exact) mass is 191 g/mol. The zero-order chi connectivity index (χ0) is 9.26. The van der Waals surface area contributed by atoms with Crippen LogP contribution in [0.25, 0.3) is 5.65 Å². The van der Waals surface area contributed by atoms with Gasteiger partial charge in [-0.1, -0.05) is 6.58 Å². The van der Waals surface area contributed by atoms with Crippen molar-refractivity contribution in [3.8, 4) is 0 Å². The van der Waals surface area contributed by atoms with Gasteiger partial charge in [0.1, 0.15) is 11.5 Å². The number of pyridine rings is 1. The van der Waals surface area contributed by atoms with Gasteiger partial charge in [-0.3, -0.25) is 4.40 Å². The zero-order valence-electron chi connectivity index (χ0n) is 6.94. The Balaban J connectivity index is 2.64. The molecule has 0 amide bonds. The second-order valence-corrected chi connectivity index (χ2v) is 3.12. The summed E-state index contributed by atoms with van der Waals surface area (Å²) in [6.45, 7) is 3.59. The van der Waals surface area contributed by atoms with Gasteiger partial charge in [0, 0.05) is 11.1 Å². The van der Waals surface area contributed by atoms with Crippen molar-refractivity contribution in [2.75, 3.05) is 5.32 Å². The number of hydrogen-bond donors (Lipinski definition) is 2. The number of aromatic nitrogens is 2. The molecule has 0 radical (unpaired) electrons. The Labute approximate surface area is 81.5 Å². The summed E-state index contributed by atoms with van der Waals surface area (Å²) in [4.78, 5) is 5.10. The molecule has 0 unspecified atom stereocenters. The van der Waals surface area contributed by atoms with Gasteiger partial charge in [-0.05, 0) is 18.3 Å². The highest BCUT2D eigenvalue weighted by Gasteiger charge is 2.00. The normalized spacial score (nSPS) is 10.2. The number of fused-ring (bicyclic) bond motifs is 1.